The molecule has 0 aliphatic carbocycles. The van der Waals surface area contributed by atoms with Crippen molar-refractivity contribution in [2.45, 2.75) is 11.7 Å². The molecule has 9 heteroatoms. The van der Waals surface area contributed by atoms with Gasteiger partial charge < -0.3 is 0 Å². The molecule has 0 spiro atoms. The Morgan fingerprint density at radius 1 is 1.03 bits per heavy atom. The molecule has 2 heterocycles. The van der Waals surface area contributed by atoms with Crippen LogP contribution in [-0.4, -0.2) is 36.2 Å². The Hall–Kier alpha value is -3.85. The minimum Gasteiger partial charge on any atom is -0.297 e. The highest BCUT2D eigenvalue weighted by atomic mass is 32.2. The van der Waals surface area contributed by atoms with Crippen LogP contribution in [-0.2, 0) is 6.54 Å². The molecule has 0 amide bonds. The highest BCUT2D eigenvalue weighted by Gasteiger charge is 2.18. The van der Waals surface area contributed by atoms with Crippen molar-refractivity contribution >= 4 is 23.2 Å². The lowest BCUT2D eigenvalue weighted by atomic mass is 10.1. The minimum absolute atomic E-state index is 0.0845. The number of carbonyl (C=O) groups is 1. The van der Waals surface area contributed by atoms with Gasteiger partial charge in [0, 0.05) is 35.7 Å². The van der Waals surface area contributed by atoms with E-state index in [1.54, 1.807) is 18.5 Å². The van der Waals surface area contributed by atoms with Crippen LogP contribution in [0, 0.1) is 10.1 Å². The van der Waals surface area contributed by atoms with Gasteiger partial charge in [0.1, 0.15) is 0 Å². The molecule has 0 aliphatic heterocycles. The van der Waals surface area contributed by atoms with Crippen molar-refractivity contribution in [2.24, 2.45) is 0 Å². The third kappa shape index (κ3) is 4.84. The first-order chi connectivity index (χ1) is 15.1. The Labute approximate surface area is 182 Å². The number of Topliss-reactive ketones (excluding diaryl/α,β-unsaturated/α-hetero) is 1. The summed E-state index contributed by atoms with van der Waals surface area (Å²) in [5, 5.41) is 20.2. The summed E-state index contributed by atoms with van der Waals surface area (Å²) in [6.45, 7) is 0.533. The van der Waals surface area contributed by atoms with Gasteiger partial charge >= 0.3 is 0 Å². The summed E-state index contributed by atoms with van der Waals surface area (Å²) in [6, 6.07) is 19.4. The van der Waals surface area contributed by atoms with Gasteiger partial charge in [-0.3, -0.25) is 24.5 Å². The fraction of sp³-hybridized carbons (Fsp3) is 0.0909. The molecule has 2 aromatic heterocycles. The molecule has 0 saturated heterocycles. The Bertz CT molecular complexity index is 1210. The molecule has 2 aromatic carbocycles. The van der Waals surface area contributed by atoms with Gasteiger partial charge in [-0.15, -0.1) is 10.2 Å². The zero-order valence-corrected chi connectivity index (χ0v) is 17.1. The second-order valence-corrected chi connectivity index (χ2v) is 7.58. The smallest absolute Gasteiger partial charge is 0.270 e. The van der Waals surface area contributed by atoms with Gasteiger partial charge in [-0.05, 0) is 17.7 Å². The van der Waals surface area contributed by atoms with Crippen LogP contribution in [0.25, 0.3) is 11.4 Å². The number of nitro benzene ring substituents is 1. The van der Waals surface area contributed by atoms with Gasteiger partial charge in [0.2, 0.25) is 0 Å². The summed E-state index contributed by atoms with van der Waals surface area (Å²) in [7, 11) is 0. The highest BCUT2D eigenvalue weighted by Crippen LogP contribution is 2.26. The van der Waals surface area contributed by atoms with Gasteiger partial charge in [0.05, 0.1) is 17.2 Å². The van der Waals surface area contributed by atoms with Crippen LogP contribution in [0.1, 0.15) is 15.9 Å². The van der Waals surface area contributed by atoms with E-state index < -0.39 is 4.92 Å². The molecular formula is C22H17N5O3S. The molecule has 0 fully saturated rings. The maximum atomic E-state index is 12.6. The fourth-order valence-electron chi connectivity index (χ4n) is 3.02. The number of nitrogens with zero attached hydrogens (tertiary/aromatic N) is 5. The predicted molar refractivity (Wildman–Crippen MR) is 117 cm³/mol. The molecule has 0 radical (unpaired) electrons. The maximum absolute atomic E-state index is 12.6. The van der Waals surface area contributed by atoms with Crippen LogP contribution in [0.15, 0.2) is 84.3 Å². The number of thioether (sulfide) groups is 1. The number of hydrogen-bond donors (Lipinski definition) is 0. The van der Waals surface area contributed by atoms with E-state index in [2.05, 4.69) is 15.2 Å². The molecule has 0 aliphatic rings. The molecule has 0 unspecified atom stereocenters. The van der Waals surface area contributed by atoms with Gasteiger partial charge in [0.15, 0.2) is 16.8 Å². The van der Waals surface area contributed by atoms with E-state index in [-0.39, 0.29) is 17.2 Å². The summed E-state index contributed by atoms with van der Waals surface area (Å²) in [4.78, 5) is 27.2. The molecule has 4 rings (SSSR count). The number of benzene rings is 2. The number of rotatable bonds is 8. The molecule has 4 aromatic rings. The third-order valence-corrected chi connectivity index (χ3v) is 5.50. The van der Waals surface area contributed by atoms with Crippen molar-refractivity contribution in [3.63, 3.8) is 0 Å². The van der Waals surface area contributed by atoms with Crippen LogP contribution in [0.3, 0.4) is 0 Å². The molecule has 8 nitrogen and oxygen atoms in total. The first-order valence-corrected chi connectivity index (χ1v) is 10.4. The van der Waals surface area contributed by atoms with Crippen molar-refractivity contribution in [3.8, 4) is 11.4 Å². The van der Waals surface area contributed by atoms with E-state index in [1.165, 1.54) is 30.0 Å². The van der Waals surface area contributed by atoms with E-state index in [9.17, 15) is 14.9 Å². The van der Waals surface area contributed by atoms with E-state index in [0.29, 0.717) is 23.1 Å². The lowest BCUT2D eigenvalue weighted by Crippen LogP contribution is -2.07. The van der Waals surface area contributed by atoms with Crippen LogP contribution in [0.4, 0.5) is 5.69 Å². The number of carbonyl (C=O) groups excluding carboxylic acids is 1. The molecule has 0 saturated carbocycles. The van der Waals surface area contributed by atoms with Crippen LogP contribution in [0.2, 0.25) is 0 Å². The van der Waals surface area contributed by atoms with Gasteiger partial charge in [0.25, 0.3) is 5.69 Å². The van der Waals surface area contributed by atoms with E-state index in [4.69, 9.17) is 0 Å². The highest BCUT2D eigenvalue weighted by molar-refractivity contribution is 7.99. The van der Waals surface area contributed by atoms with E-state index in [0.717, 1.165) is 11.1 Å². The molecular weight excluding hydrogens is 414 g/mol. The van der Waals surface area contributed by atoms with Crippen molar-refractivity contribution in [2.75, 3.05) is 5.75 Å². The predicted octanol–water partition coefficient (Wildman–Crippen LogP) is 4.27. The second-order valence-electron chi connectivity index (χ2n) is 6.64. The molecule has 0 atom stereocenters. The average molecular weight is 431 g/mol. The van der Waals surface area contributed by atoms with Crippen molar-refractivity contribution < 1.29 is 9.72 Å². The third-order valence-electron chi connectivity index (χ3n) is 4.53. The number of nitro groups is 1. The van der Waals surface area contributed by atoms with Crippen LogP contribution < -0.4 is 0 Å². The minimum atomic E-state index is -0.513. The number of pyridine rings is 1. The van der Waals surface area contributed by atoms with Crippen LogP contribution in [0.5, 0.6) is 0 Å². The average Bonchev–Trinajstić information content (AvgIpc) is 3.21. The number of aromatic nitrogens is 4. The number of ketones is 1. The van der Waals surface area contributed by atoms with Crippen molar-refractivity contribution in [1.29, 1.82) is 0 Å². The molecule has 0 N–H and O–H groups in total. The molecule has 154 valence electrons. The second kappa shape index (κ2) is 9.31. The zero-order chi connectivity index (χ0) is 21.6. The van der Waals surface area contributed by atoms with E-state index >= 15 is 0 Å². The monoisotopic (exact) mass is 431 g/mol. The first-order valence-electron chi connectivity index (χ1n) is 9.40. The van der Waals surface area contributed by atoms with Crippen molar-refractivity contribution in [3.05, 3.63) is 100 Å². The van der Waals surface area contributed by atoms with E-state index in [1.807, 2.05) is 47.0 Å². The first kappa shape index (κ1) is 20.4. The SMILES string of the molecule is O=C(CSc1nnc(-c2cccnc2)n1Cc1ccccc1)c1cccc([N+](=O)[O-])c1. The summed E-state index contributed by atoms with van der Waals surface area (Å²) in [5.41, 5.74) is 2.08. The Morgan fingerprint density at radius 3 is 2.61 bits per heavy atom. The molecule has 31 heavy (non-hydrogen) atoms. The Morgan fingerprint density at radius 2 is 1.87 bits per heavy atom. The Kier molecular flexibility index (Phi) is 6.13. The summed E-state index contributed by atoms with van der Waals surface area (Å²) >= 11 is 1.25. The Balaban J connectivity index is 1.59. The standard InChI is InChI=1S/C22H17N5O3S/c28-20(17-8-4-10-19(12-17)27(29)30)15-31-22-25-24-21(18-9-5-11-23-13-18)26(22)14-16-6-2-1-3-7-16/h1-13H,14-15H2. The normalized spacial score (nSPS) is 10.7. The topological polar surface area (TPSA) is 104 Å². The zero-order valence-electron chi connectivity index (χ0n) is 16.3. The lowest BCUT2D eigenvalue weighted by molar-refractivity contribution is -0.384. The largest absolute Gasteiger partial charge is 0.297 e. The van der Waals surface area contributed by atoms with Gasteiger partial charge in [-0.2, -0.15) is 0 Å². The number of non-ortho nitro benzene ring substituents is 1. The molecule has 0 bridgehead atoms. The number of hydrogen-bond acceptors (Lipinski definition) is 7. The van der Waals surface area contributed by atoms with Crippen LogP contribution >= 0.6 is 11.8 Å². The summed E-state index contributed by atoms with van der Waals surface area (Å²) in [5.74, 6) is 0.523. The van der Waals surface area contributed by atoms with Gasteiger partial charge in [-0.1, -0.05) is 54.2 Å². The lowest BCUT2D eigenvalue weighted by Gasteiger charge is -2.10. The maximum Gasteiger partial charge on any atom is 0.270 e. The fourth-order valence-corrected chi connectivity index (χ4v) is 3.85. The van der Waals surface area contributed by atoms with Gasteiger partial charge in [-0.25, -0.2) is 0 Å². The van der Waals surface area contributed by atoms with Crippen molar-refractivity contribution in [1.82, 2.24) is 19.7 Å². The summed E-state index contributed by atoms with van der Waals surface area (Å²) < 4.78 is 1.94. The quantitative estimate of drug-likeness (QED) is 0.178. The summed E-state index contributed by atoms with van der Waals surface area (Å²) in [6.07, 6.45) is 3.41.